The lowest BCUT2D eigenvalue weighted by Crippen LogP contribution is -2.24. The summed E-state index contributed by atoms with van der Waals surface area (Å²) in [5.41, 5.74) is 4.19. The van der Waals surface area contributed by atoms with Crippen LogP contribution in [-0.2, 0) is 11.2 Å². The van der Waals surface area contributed by atoms with Crippen LogP contribution in [0.15, 0.2) is 48.5 Å². The standard InChI is InChI=1S/C20H23N5O/c1-13(2)16-8-10-17(11-9-16)21-20(26)18(19-22-24-25-23-19)12-15-6-4-14(3)5-7-15/h4-11,13,18H,12H2,1-3H3,(H2,21,22,23,24,25,26)/p-1/t18-/m0/s1. The summed E-state index contributed by atoms with van der Waals surface area (Å²) in [7, 11) is 0. The number of carbonyl (C=O) groups excluding carboxylic acids is 1. The highest BCUT2D eigenvalue weighted by Gasteiger charge is 2.21. The first-order valence-corrected chi connectivity index (χ1v) is 8.68. The Balaban J connectivity index is 1.77. The molecular weight excluding hydrogens is 326 g/mol. The van der Waals surface area contributed by atoms with Crippen molar-refractivity contribution in [3.05, 3.63) is 71.0 Å². The highest BCUT2D eigenvalue weighted by molar-refractivity contribution is 5.95. The number of tetrazole rings is 1. The highest BCUT2D eigenvalue weighted by Crippen LogP contribution is 2.21. The van der Waals surface area contributed by atoms with E-state index >= 15 is 0 Å². The molecule has 1 aromatic heterocycles. The molecule has 0 bridgehead atoms. The second-order valence-electron chi connectivity index (χ2n) is 6.75. The predicted octanol–water partition coefficient (Wildman–Crippen LogP) is 3.23. The number of aromatic nitrogens is 4. The van der Waals surface area contributed by atoms with Gasteiger partial charge in [-0.3, -0.25) is 15.1 Å². The summed E-state index contributed by atoms with van der Waals surface area (Å²) in [6, 6.07) is 16.0. The topological polar surface area (TPSA) is 81.9 Å². The molecule has 1 atom stereocenters. The molecular formula is C20H22N5O-. The summed E-state index contributed by atoms with van der Waals surface area (Å²) >= 11 is 0. The van der Waals surface area contributed by atoms with Crippen LogP contribution in [0.2, 0.25) is 0 Å². The molecule has 0 aliphatic heterocycles. The minimum Gasteiger partial charge on any atom is -0.335 e. The number of carbonyl (C=O) groups is 1. The minimum absolute atomic E-state index is 0.169. The number of nitrogens with zero attached hydrogens (tertiary/aromatic N) is 4. The lowest BCUT2D eigenvalue weighted by Gasteiger charge is -2.17. The third-order valence-electron chi connectivity index (χ3n) is 4.37. The number of nitrogens with one attached hydrogen (secondary N) is 1. The SMILES string of the molecule is Cc1ccc(C[C@H](C(=O)Nc2ccc(C(C)C)cc2)c2nnn[n-]2)cc1. The first kappa shape index (κ1) is 17.8. The maximum absolute atomic E-state index is 12.9. The van der Waals surface area contributed by atoms with Crippen LogP contribution >= 0.6 is 0 Å². The Kier molecular flexibility index (Phi) is 5.41. The van der Waals surface area contributed by atoms with E-state index in [1.54, 1.807) is 0 Å². The third kappa shape index (κ3) is 4.33. The van der Waals surface area contributed by atoms with E-state index in [1.807, 2.05) is 55.5 Å². The van der Waals surface area contributed by atoms with Crippen molar-refractivity contribution in [2.75, 3.05) is 5.32 Å². The quantitative estimate of drug-likeness (QED) is 0.739. The van der Waals surface area contributed by atoms with Gasteiger partial charge >= 0.3 is 0 Å². The molecule has 1 heterocycles. The molecule has 0 saturated heterocycles. The number of anilines is 1. The maximum atomic E-state index is 12.9. The Morgan fingerprint density at radius 2 is 1.77 bits per heavy atom. The molecule has 0 spiro atoms. The van der Waals surface area contributed by atoms with Crippen LogP contribution in [-0.4, -0.2) is 21.4 Å². The van der Waals surface area contributed by atoms with E-state index in [2.05, 4.69) is 39.8 Å². The summed E-state index contributed by atoms with van der Waals surface area (Å²) in [5.74, 6) is 0.0703. The second kappa shape index (κ2) is 7.91. The van der Waals surface area contributed by atoms with Crippen molar-refractivity contribution < 1.29 is 4.79 Å². The maximum Gasteiger partial charge on any atom is 0.232 e. The second-order valence-corrected chi connectivity index (χ2v) is 6.75. The number of benzene rings is 2. The molecule has 0 unspecified atom stereocenters. The fraction of sp³-hybridized carbons (Fsp3) is 0.300. The first-order chi connectivity index (χ1) is 12.5. The van der Waals surface area contributed by atoms with Gasteiger partial charge in [0.2, 0.25) is 5.91 Å². The van der Waals surface area contributed by atoms with Gasteiger partial charge in [0, 0.05) is 11.5 Å². The van der Waals surface area contributed by atoms with E-state index in [1.165, 1.54) is 11.1 Å². The Morgan fingerprint density at radius 3 is 2.35 bits per heavy atom. The van der Waals surface area contributed by atoms with Crippen molar-refractivity contribution in [3.63, 3.8) is 0 Å². The van der Waals surface area contributed by atoms with Gasteiger partial charge in [0.15, 0.2) is 0 Å². The smallest absolute Gasteiger partial charge is 0.232 e. The van der Waals surface area contributed by atoms with E-state index in [0.29, 0.717) is 18.2 Å². The minimum atomic E-state index is -0.544. The van der Waals surface area contributed by atoms with E-state index < -0.39 is 5.92 Å². The van der Waals surface area contributed by atoms with E-state index in [9.17, 15) is 4.79 Å². The molecule has 0 radical (unpaired) electrons. The number of hydrogen-bond donors (Lipinski definition) is 1. The summed E-state index contributed by atoms with van der Waals surface area (Å²) < 4.78 is 0. The Labute approximate surface area is 153 Å². The van der Waals surface area contributed by atoms with Crippen molar-refractivity contribution >= 4 is 11.6 Å². The van der Waals surface area contributed by atoms with Gasteiger partial charge in [-0.15, -0.1) is 0 Å². The zero-order valence-electron chi connectivity index (χ0n) is 15.2. The molecule has 3 aromatic rings. The Hall–Kier alpha value is -3.02. The van der Waals surface area contributed by atoms with Gasteiger partial charge in [0.25, 0.3) is 0 Å². The number of rotatable bonds is 6. The van der Waals surface area contributed by atoms with Gasteiger partial charge in [-0.25, -0.2) is 0 Å². The average molecular weight is 348 g/mol. The van der Waals surface area contributed by atoms with Gasteiger partial charge < -0.3 is 10.4 Å². The molecule has 2 aromatic carbocycles. The summed E-state index contributed by atoms with van der Waals surface area (Å²) in [6.07, 6.45) is 0.490. The van der Waals surface area contributed by atoms with Gasteiger partial charge in [0.1, 0.15) is 0 Å². The first-order valence-electron chi connectivity index (χ1n) is 8.68. The average Bonchev–Trinajstić information content (AvgIpc) is 3.16. The van der Waals surface area contributed by atoms with Gasteiger partial charge in [0.05, 0.1) is 5.92 Å². The molecule has 0 aliphatic rings. The Morgan fingerprint density at radius 1 is 1.08 bits per heavy atom. The third-order valence-corrected chi connectivity index (χ3v) is 4.37. The van der Waals surface area contributed by atoms with E-state index in [4.69, 9.17) is 0 Å². The van der Waals surface area contributed by atoms with Crippen molar-refractivity contribution in [1.82, 2.24) is 20.6 Å². The summed E-state index contributed by atoms with van der Waals surface area (Å²) in [6.45, 7) is 6.30. The molecule has 3 rings (SSSR count). The lowest BCUT2D eigenvalue weighted by atomic mass is 9.97. The van der Waals surface area contributed by atoms with Crippen LogP contribution in [0.5, 0.6) is 0 Å². The lowest BCUT2D eigenvalue weighted by molar-refractivity contribution is -0.117. The zero-order valence-corrected chi connectivity index (χ0v) is 15.2. The van der Waals surface area contributed by atoms with Crippen LogP contribution in [0, 0.1) is 6.92 Å². The molecule has 134 valence electrons. The molecule has 6 heteroatoms. The molecule has 1 N–H and O–H groups in total. The molecule has 26 heavy (non-hydrogen) atoms. The predicted molar refractivity (Wildman–Crippen MR) is 99.9 cm³/mol. The van der Waals surface area contributed by atoms with Crippen LogP contribution in [0.3, 0.4) is 0 Å². The van der Waals surface area contributed by atoms with E-state index in [-0.39, 0.29) is 5.91 Å². The van der Waals surface area contributed by atoms with Crippen LogP contribution in [0.4, 0.5) is 5.69 Å². The largest absolute Gasteiger partial charge is 0.335 e. The molecule has 1 amide bonds. The van der Waals surface area contributed by atoms with Crippen LogP contribution < -0.4 is 10.4 Å². The van der Waals surface area contributed by atoms with Crippen molar-refractivity contribution in [2.24, 2.45) is 0 Å². The molecule has 0 aliphatic carbocycles. The molecule has 0 fully saturated rings. The molecule has 6 nitrogen and oxygen atoms in total. The number of hydrogen-bond acceptors (Lipinski definition) is 4. The van der Waals surface area contributed by atoms with Crippen molar-refractivity contribution in [1.29, 1.82) is 0 Å². The zero-order chi connectivity index (χ0) is 18.5. The number of amides is 1. The van der Waals surface area contributed by atoms with Gasteiger partial charge in [-0.2, -0.15) is 5.21 Å². The van der Waals surface area contributed by atoms with Crippen LogP contribution in [0.25, 0.3) is 0 Å². The summed E-state index contributed by atoms with van der Waals surface area (Å²) in [4.78, 5) is 12.9. The van der Waals surface area contributed by atoms with Crippen LogP contribution in [0.1, 0.15) is 48.2 Å². The van der Waals surface area contributed by atoms with Gasteiger partial charge in [-0.1, -0.05) is 55.8 Å². The highest BCUT2D eigenvalue weighted by atomic mass is 16.1. The van der Waals surface area contributed by atoms with Crippen molar-refractivity contribution in [3.8, 4) is 0 Å². The Bertz CT molecular complexity index is 839. The fourth-order valence-corrected chi connectivity index (χ4v) is 2.73. The fourth-order valence-electron chi connectivity index (χ4n) is 2.73. The number of aryl methyl sites for hydroxylation is 1. The summed E-state index contributed by atoms with van der Waals surface area (Å²) in [5, 5.41) is 17.8. The monoisotopic (exact) mass is 348 g/mol. The van der Waals surface area contributed by atoms with Gasteiger partial charge in [-0.05, 0) is 42.5 Å². The van der Waals surface area contributed by atoms with E-state index in [0.717, 1.165) is 11.3 Å². The molecule has 0 saturated carbocycles. The normalized spacial score (nSPS) is 12.2. The van der Waals surface area contributed by atoms with Crippen molar-refractivity contribution in [2.45, 2.75) is 39.0 Å².